The van der Waals surface area contributed by atoms with Crippen molar-refractivity contribution >= 4 is 9.84 Å². The van der Waals surface area contributed by atoms with Crippen LogP contribution in [0.5, 0.6) is 0 Å². The lowest BCUT2D eigenvalue weighted by molar-refractivity contribution is 0.565. The Labute approximate surface area is 117 Å². The van der Waals surface area contributed by atoms with E-state index in [2.05, 4.69) is 5.32 Å². The summed E-state index contributed by atoms with van der Waals surface area (Å²) in [5, 5.41) is 12.1. The average Bonchev–Trinajstić information content (AvgIpc) is 2.40. The lowest BCUT2D eigenvalue weighted by Gasteiger charge is -2.18. The summed E-state index contributed by atoms with van der Waals surface area (Å²) >= 11 is 0. The lowest BCUT2D eigenvalue weighted by Crippen LogP contribution is -2.23. The van der Waals surface area contributed by atoms with Crippen molar-refractivity contribution in [1.82, 2.24) is 5.32 Å². The highest BCUT2D eigenvalue weighted by atomic mass is 32.2. The Morgan fingerprint density at radius 3 is 2.70 bits per heavy atom. The molecule has 20 heavy (non-hydrogen) atoms. The monoisotopic (exact) mass is 294 g/mol. The van der Waals surface area contributed by atoms with Gasteiger partial charge in [-0.2, -0.15) is 5.26 Å². The molecule has 0 atom stereocenters. The van der Waals surface area contributed by atoms with Gasteiger partial charge in [-0.15, -0.1) is 0 Å². The number of aryl methyl sites for hydroxylation is 1. The van der Waals surface area contributed by atoms with Crippen LogP contribution in [0.15, 0.2) is 33.7 Å². The SMILES string of the molecule is Cc1ccc(S(=O)(=O)/C(C#N)=C2/CCCCN2)c(F)c1. The number of piperidine rings is 1. The summed E-state index contributed by atoms with van der Waals surface area (Å²) in [6.07, 6.45) is 2.25. The molecule has 1 N–H and O–H groups in total. The maximum Gasteiger partial charge on any atom is 0.221 e. The van der Waals surface area contributed by atoms with Crippen LogP contribution in [0.1, 0.15) is 24.8 Å². The van der Waals surface area contributed by atoms with E-state index in [1.54, 1.807) is 13.0 Å². The fraction of sp³-hybridized carbons (Fsp3) is 0.357. The summed E-state index contributed by atoms with van der Waals surface area (Å²) in [7, 11) is -4.12. The highest BCUT2D eigenvalue weighted by Gasteiger charge is 2.28. The van der Waals surface area contributed by atoms with Crippen LogP contribution in [0.3, 0.4) is 0 Å². The van der Waals surface area contributed by atoms with Gasteiger partial charge in [-0.3, -0.25) is 0 Å². The van der Waals surface area contributed by atoms with Gasteiger partial charge in [0.15, 0.2) is 4.91 Å². The van der Waals surface area contributed by atoms with Crippen LogP contribution in [0.4, 0.5) is 4.39 Å². The Bertz CT molecular complexity index is 694. The number of allylic oxidation sites excluding steroid dienone is 2. The first-order chi connectivity index (χ1) is 9.46. The standard InChI is InChI=1S/C14H15FN2O2S/c1-10-5-6-13(11(15)8-10)20(18,19)14(9-16)12-4-2-3-7-17-12/h5-6,8,17H,2-4,7H2,1H3/b14-12-. The summed E-state index contributed by atoms with van der Waals surface area (Å²) in [6, 6.07) is 5.60. The van der Waals surface area contributed by atoms with E-state index in [-0.39, 0.29) is 4.91 Å². The van der Waals surface area contributed by atoms with Crippen molar-refractivity contribution in [2.75, 3.05) is 6.54 Å². The Kier molecular flexibility index (Phi) is 4.09. The van der Waals surface area contributed by atoms with E-state index in [1.807, 2.05) is 0 Å². The number of nitrogens with zero attached hydrogens (tertiary/aromatic N) is 1. The molecule has 6 heteroatoms. The lowest BCUT2D eigenvalue weighted by atomic mass is 10.1. The molecule has 1 aromatic carbocycles. The van der Waals surface area contributed by atoms with Crippen molar-refractivity contribution in [3.05, 3.63) is 40.2 Å². The molecule has 0 radical (unpaired) electrons. The third-order valence-corrected chi connectivity index (χ3v) is 5.00. The molecule has 0 amide bonds. The highest BCUT2D eigenvalue weighted by molar-refractivity contribution is 7.95. The zero-order valence-corrected chi connectivity index (χ0v) is 11.9. The van der Waals surface area contributed by atoms with Crippen molar-refractivity contribution in [3.8, 4) is 6.07 Å². The molecule has 0 saturated carbocycles. The van der Waals surface area contributed by atoms with Crippen LogP contribution in [-0.4, -0.2) is 15.0 Å². The van der Waals surface area contributed by atoms with Crippen LogP contribution in [0.2, 0.25) is 0 Å². The van der Waals surface area contributed by atoms with Gasteiger partial charge in [-0.05, 0) is 43.9 Å². The average molecular weight is 294 g/mol. The second-order valence-electron chi connectivity index (χ2n) is 4.74. The molecule has 1 heterocycles. The fourth-order valence-corrected chi connectivity index (χ4v) is 3.57. The molecule has 0 bridgehead atoms. The van der Waals surface area contributed by atoms with Gasteiger partial charge < -0.3 is 5.32 Å². The predicted octanol–water partition coefficient (Wildman–Crippen LogP) is 2.42. The van der Waals surface area contributed by atoms with Crippen molar-refractivity contribution < 1.29 is 12.8 Å². The Morgan fingerprint density at radius 1 is 1.40 bits per heavy atom. The molecule has 106 valence electrons. The van der Waals surface area contributed by atoms with Gasteiger partial charge >= 0.3 is 0 Å². The smallest absolute Gasteiger partial charge is 0.221 e. The van der Waals surface area contributed by atoms with Crippen LogP contribution in [-0.2, 0) is 9.84 Å². The molecule has 4 nitrogen and oxygen atoms in total. The first-order valence-corrected chi connectivity index (χ1v) is 7.83. The normalized spacial score (nSPS) is 18.1. The topological polar surface area (TPSA) is 70.0 Å². The number of sulfone groups is 1. The summed E-state index contributed by atoms with van der Waals surface area (Å²) in [6.45, 7) is 2.30. The number of nitrogens with one attached hydrogen (secondary N) is 1. The molecular formula is C14H15FN2O2S. The number of halogens is 1. The number of nitriles is 1. The van der Waals surface area contributed by atoms with Crippen LogP contribution >= 0.6 is 0 Å². The summed E-state index contributed by atoms with van der Waals surface area (Å²) in [5.74, 6) is -0.825. The zero-order chi connectivity index (χ0) is 14.8. The molecule has 0 spiro atoms. The molecule has 2 rings (SSSR count). The molecule has 0 aromatic heterocycles. The van der Waals surface area contributed by atoms with Gasteiger partial charge in [0, 0.05) is 12.2 Å². The van der Waals surface area contributed by atoms with E-state index >= 15 is 0 Å². The minimum Gasteiger partial charge on any atom is -0.387 e. The molecule has 1 saturated heterocycles. The van der Waals surface area contributed by atoms with Crippen molar-refractivity contribution in [2.45, 2.75) is 31.1 Å². The molecule has 1 aliphatic heterocycles. The Morgan fingerprint density at radius 2 is 2.15 bits per heavy atom. The number of rotatable bonds is 2. The molecular weight excluding hydrogens is 279 g/mol. The fourth-order valence-electron chi connectivity index (χ4n) is 2.17. The van der Waals surface area contributed by atoms with Gasteiger partial charge in [0.1, 0.15) is 16.8 Å². The van der Waals surface area contributed by atoms with Gasteiger partial charge in [0.2, 0.25) is 9.84 Å². The van der Waals surface area contributed by atoms with E-state index in [4.69, 9.17) is 0 Å². The second kappa shape index (κ2) is 5.63. The van der Waals surface area contributed by atoms with E-state index in [1.165, 1.54) is 12.1 Å². The number of hydrogen-bond acceptors (Lipinski definition) is 4. The van der Waals surface area contributed by atoms with Crippen LogP contribution in [0.25, 0.3) is 0 Å². The predicted molar refractivity (Wildman–Crippen MR) is 72.8 cm³/mol. The summed E-state index contributed by atoms with van der Waals surface area (Å²) < 4.78 is 38.7. The van der Waals surface area contributed by atoms with E-state index in [9.17, 15) is 18.1 Å². The maximum absolute atomic E-state index is 13.9. The Balaban J connectivity index is 2.56. The van der Waals surface area contributed by atoms with Crippen molar-refractivity contribution in [2.24, 2.45) is 0 Å². The first kappa shape index (κ1) is 14.5. The maximum atomic E-state index is 13.9. The van der Waals surface area contributed by atoms with Gasteiger partial charge in [0.05, 0.1) is 0 Å². The summed E-state index contributed by atoms with van der Waals surface area (Å²) in [5.41, 5.74) is 1.02. The quantitative estimate of drug-likeness (QED) is 0.850. The number of hydrogen-bond donors (Lipinski definition) is 1. The molecule has 0 unspecified atom stereocenters. The van der Waals surface area contributed by atoms with E-state index in [0.717, 1.165) is 18.9 Å². The zero-order valence-electron chi connectivity index (χ0n) is 11.1. The van der Waals surface area contributed by atoms with Gasteiger partial charge in [-0.1, -0.05) is 6.07 Å². The molecule has 1 aromatic rings. The van der Waals surface area contributed by atoms with Gasteiger partial charge in [-0.25, -0.2) is 12.8 Å². The number of benzene rings is 1. The van der Waals surface area contributed by atoms with Crippen LogP contribution in [0, 0.1) is 24.1 Å². The highest BCUT2D eigenvalue weighted by Crippen LogP contribution is 2.26. The third-order valence-electron chi connectivity index (χ3n) is 3.21. The second-order valence-corrected chi connectivity index (χ2v) is 6.60. The van der Waals surface area contributed by atoms with E-state index in [0.29, 0.717) is 24.2 Å². The van der Waals surface area contributed by atoms with Gasteiger partial charge in [0.25, 0.3) is 0 Å². The third kappa shape index (κ3) is 2.68. The Hall–Kier alpha value is -1.87. The first-order valence-electron chi connectivity index (χ1n) is 6.35. The minimum atomic E-state index is -4.12. The minimum absolute atomic E-state index is 0.375. The van der Waals surface area contributed by atoms with Crippen molar-refractivity contribution in [3.63, 3.8) is 0 Å². The van der Waals surface area contributed by atoms with Crippen LogP contribution < -0.4 is 5.32 Å². The van der Waals surface area contributed by atoms with Crippen molar-refractivity contribution in [1.29, 1.82) is 5.26 Å². The van der Waals surface area contributed by atoms with E-state index < -0.39 is 20.5 Å². The molecule has 0 aliphatic carbocycles. The largest absolute Gasteiger partial charge is 0.387 e. The molecule has 1 aliphatic rings. The molecule has 1 fully saturated rings. The summed E-state index contributed by atoms with van der Waals surface area (Å²) in [4.78, 5) is -0.820.